The minimum Gasteiger partial charge on any atom is -0.327 e. The topological polar surface area (TPSA) is 35.7 Å². The summed E-state index contributed by atoms with van der Waals surface area (Å²) in [5.41, 5.74) is 5.83. The molecule has 104 valence electrons. The molecule has 3 atom stereocenters. The van der Waals surface area contributed by atoms with Gasteiger partial charge in [0.15, 0.2) is 0 Å². The summed E-state index contributed by atoms with van der Waals surface area (Å²) < 4.78 is 0. The highest BCUT2D eigenvalue weighted by Crippen LogP contribution is 2.03. The van der Waals surface area contributed by atoms with Crippen LogP contribution < -0.4 is 5.73 Å². The molecule has 3 unspecified atom stereocenters. The predicted molar refractivity (Wildman–Crippen MR) is 76.4 cm³/mol. The normalized spacial score (nSPS) is 17.8. The van der Waals surface area contributed by atoms with Gasteiger partial charge in [0.25, 0.3) is 0 Å². The van der Waals surface area contributed by atoms with Gasteiger partial charge < -0.3 is 20.4 Å². The van der Waals surface area contributed by atoms with Crippen molar-refractivity contribution < 1.29 is 0 Å². The van der Waals surface area contributed by atoms with Crippen LogP contribution in [0.15, 0.2) is 0 Å². The number of hydrogen-bond donors (Lipinski definition) is 1. The molecule has 4 nitrogen and oxygen atoms in total. The minimum absolute atomic E-state index is 0.243. The summed E-state index contributed by atoms with van der Waals surface area (Å²) >= 11 is 0. The average molecular weight is 244 g/mol. The van der Waals surface area contributed by atoms with Crippen LogP contribution in [-0.2, 0) is 0 Å². The predicted octanol–water partition coefficient (Wildman–Crippen LogP) is 0.536. The summed E-state index contributed by atoms with van der Waals surface area (Å²) in [6.07, 6.45) is 0. The number of nitrogens with zero attached hydrogens (tertiary/aromatic N) is 3. The molecule has 0 bridgehead atoms. The third kappa shape index (κ3) is 7.71. The molecule has 0 rings (SSSR count). The fourth-order valence-corrected chi connectivity index (χ4v) is 2.04. The van der Waals surface area contributed by atoms with Crippen LogP contribution in [-0.4, -0.2) is 80.7 Å². The standard InChI is InChI=1S/C13H32N4/c1-11(14)8-16(6)13(3)10-17(7)12(2)9-15(4)5/h11-13H,8-10,14H2,1-7H3. The van der Waals surface area contributed by atoms with Gasteiger partial charge in [-0.1, -0.05) is 0 Å². The van der Waals surface area contributed by atoms with Crippen LogP contribution in [0.4, 0.5) is 0 Å². The maximum Gasteiger partial charge on any atom is 0.0192 e. The van der Waals surface area contributed by atoms with Gasteiger partial charge >= 0.3 is 0 Å². The zero-order chi connectivity index (χ0) is 13.6. The Morgan fingerprint density at radius 2 is 1.18 bits per heavy atom. The second-order valence-corrected chi connectivity index (χ2v) is 5.82. The number of hydrogen-bond acceptors (Lipinski definition) is 4. The van der Waals surface area contributed by atoms with Gasteiger partial charge in [-0.25, -0.2) is 0 Å². The number of rotatable bonds is 8. The zero-order valence-corrected chi connectivity index (χ0v) is 12.8. The lowest BCUT2D eigenvalue weighted by molar-refractivity contribution is 0.145. The molecule has 0 saturated heterocycles. The first-order chi connectivity index (χ1) is 7.73. The molecule has 0 aromatic rings. The Balaban J connectivity index is 4.05. The maximum absolute atomic E-state index is 5.83. The Hall–Kier alpha value is -0.160. The van der Waals surface area contributed by atoms with E-state index in [0.717, 1.165) is 19.6 Å². The van der Waals surface area contributed by atoms with E-state index in [2.05, 4.69) is 63.7 Å². The molecule has 0 heterocycles. The van der Waals surface area contributed by atoms with E-state index in [1.54, 1.807) is 0 Å². The third-order valence-electron chi connectivity index (χ3n) is 3.26. The summed E-state index contributed by atoms with van der Waals surface area (Å²) in [4.78, 5) is 6.99. The quantitative estimate of drug-likeness (QED) is 0.676. The summed E-state index contributed by atoms with van der Waals surface area (Å²) in [5.74, 6) is 0. The molecule has 17 heavy (non-hydrogen) atoms. The van der Waals surface area contributed by atoms with Crippen LogP contribution in [0.25, 0.3) is 0 Å². The highest BCUT2D eigenvalue weighted by atomic mass is 15.2. The van der Waals surface area contributed by atoms with Crippen LogP contribution in [0.3, 0.4) is 0 Å². The maximum atomic E-state index is 5.83. The lowest BCUT2D eigenvalue weighted by Gasteiger charge is -2.33. The lowest BCUT2D eigenvalue weighted by Crippen LogP contribution is -2.47. The molecule has 4 heteroatoms. The molecule has 0 spiro atoms. The van der Waals surface area contributed by atoms with Crippen LogP contribution in [0, 0.1) is 0 Å². The van der Waals surface area contributed by atoms with Crippen molar-refractivity contribution in [1.82, 2.24) is 14.7 Å². The second kappa shape index (κ2) is 8.03. The second-order valence-electron chi connectivity index (χ2n) is 5.82. The molecular weight excluding hydrogens is 212 g/mol. The van der Waals surface area contributed by atoms with Crippen molar-refractivity contribution >= 4 is 0 Å². The smallest absolute Gasteiger partial charge is 0.0192 e. The summed E-state index contributed by atoms with van der Waals surface area (Å²) in [7, 11) is 8.59. The third-order valence-corrected chi connectivity index (χ3v) is 3.26. The van der Waals surface area contributed by atoms with Gasteiger partial charge in [-0.3, -0.25) is 0 Å². The highest BCUT2D eigenvalue weighted by Gasteiger charge is 2.16. The molecule has 0 aromatic heterocycles. The van der Waals surface area contributed by atoms with Crippen molar-refractivity contribution in [3.63, 3.8) is 0 Å². The van der Waals surface area contributed by atoms with Gasteiger partial charge in [0.2, 0.25) is 0 Å². The van der Waals surface area contributed by atoms with Gasteiger partial charge in [-0.05, 0) is 49.0 Å². The van der Waals surface area contributed by atoms with Crippen molar-refractivity contribution in [2.45, 2.75) is 38.9 Å². The van der Waals surface area contributed by atoms with Gasteiger partial charge in [0.1, 0.15) is 0 Å². The molecule has 0 aromatic carbocycles. The van der Waals surface area contributed by atoms with Gasteiger partial charge in [0.05, 0.1) is 0 Å². The molecule has 0 saturated carbocycles. The van der Waals surface area contributed by atoms with E-state index in [0.29, 0.717) is 12.1 Å². The average Bonchev–Trinajstić information content (AvgIpc) is 2.15. The van der Waals surface area contributed by atoms with Crippen molar-refractivity contribution in [1.29, 1.82) is 0 Å². The monoisotopic (exact) mass is 244 g/mol. The largest absolute Gasteiger partial charge is 0.327 e. The molecule has 0 radical (unpaired) electrons. The molecule has 0 aliphatic heterocycles. The van der Waals surface area contributed by atoms with Crippen molar-refractivity contribution in [3.8, 4) is 0 Å². The first-order valence-electron chi connectivity index (χ1n) is 6.54. The zero-order valence-electron chi connectivity index (χ0n) is 12.8. The number of nitrogens with two attached hydrogens (primary N) is 1. The Labute approximate surface area is 108 Å². The molecule has 0 fully saturated rings. The van der Waals surface area contributed by atoms with Gasteiger partial charge in [0, 0.05) is 37.8 Å². The van der Waals surface area contributed by atoms with Gasteiger partial charge in [-0.2, -0.15) is 0 Å². The molecule has 2 N–H and O–H groups in total. The fraction of sp³-hybridized carbons (Fsp3) is 1.00. The summed E-state index contributed by atoms with van der Waals surface area (Å²) in [6.45, 7) is 9.73. The van der Waals surface area contributed by atoms with E-state index in [9.17, 15) is 0 Å². The van der Waals surface area contributed by atoms with E-state index in [1.807, 2.05) is 0 Å². The molecule has 0 amide bonds. The SMILES string of the molecule is CC(N)CN(C)C(C)CN(C)C(C)CN(C)C. The van der Waals surface area contributed by atoms with Crippen molar-refractivity contribution in [3.05, 3.63) is 0 Å². The Bertz CT molecular complexity index is 174. The fourth-order valence-electron chi connectivity index (χ4n) is 2.04. The molecular formula is C13H32N4. The Morgan fingerprint density at radius 1 is 0.765 bits per heavy atom. The Morgan fingerprint density at radius 3 is 1.59 bits per heavy atom. The van der Waals surface area contributed by atoms with Crippen LogP contribution >= 0.6 is 0 Å². The lowest BCUT2D eigenvalue weighted by atomic mass is 10.2. The van der Waals surface area contributed by atoms with Crippen molar-refractivity contribution in [2.24, 2.45) is 5.73 Å². The van der Waals surface area contributed by atoms with Crippen molar-refractivity contribution in [2.75, 3.05) is 47.8 Å². The van der Waals surface area contributed by atoms with Gasteiger partial charge in [-0.15, -0.1) is 0 Å². The first kappa shape index (κ1) is 16.8. The summed E-state index contributed by atoms with van der Waals surface area (Å²) in [5, 5.41) is 0. The number of likely N-dealkylation sites (N-methyl/N-ethyl adjacent to an activating group) is 3. The molecule has 0 aliphatic rings. The Kier molecular flexibility index (Phi) is 7.96. The van der Waals surface area contributed by atoms with Crippen LogP contribution in [0.2, 0.25) is 0 Å². The van der Waals surface area contributed by atoms with E-state index in [1.165, 1.54) is 0 Å². The van der Waals surface area contributed by atoms with Crippen LogP contribution in [0.5, 0.6) is 0 Å². The van der Waals surface area contributed by atoms with E-state index < -0.39 is 0 Å². The highest BCUT2D eigenvalue weighted by molar-refractivity contribution is 4.74. The first-order valence-corrected chi connectivity index (χ1v) is 6.54. The van der Waals surface area contributed by atoms with E-state index in [4.69, 9.17) is 5.73 Å². The van der Waals surface area contributed by atoms with Crippen LogP contribution in [0.1, 0.15) is 20.8 Å². The minimum atomic E-state index is 0.243. The van der Waals surface area contributed by atoms with E-state index >= 15 is 0 Å². The molecule has 0 aliphatic carbocycles. The summed E-state index contributed by atoms with van der Waals surface area (Å²) in [6, 6.07) is 1.36. The van der Waals surface area contributed by atoms with E-state index in [-0.39, 0.29) is 6.04 Å².